The van der Waals surface area contributed by atoms with E-state index in [1.54, 1.807) is 6.07 Å². The molecule has 1 aliphatic rings. The molecule has 0 aromatic carbocycles. The van der Waals surface area contributed by atoms with Gasteiger partial charge in [-0.25, -0.2) is 9.78 Å². The number of carboxylic acid groups (broad SMARTS) is 1. The number of hydrogen-bond donors (Lipinski definition) is 3. The summed E-state index contributed by atoms with van der Waals surface area (Å²) in [5.74, 6) is -0.367. The number of aromatic nitrogens is 1. The smallest absolute Gasteiger partial charge is 0.354 e. The normalized spacial score (nSPS) is 26.9. The van der Waals surface area contributed by atoms with E-state index in [0.29, 0.717) is 18.2 Å². The lowest BCUT2D eigenvalue weighted by Gasteiger charge is -2.35. The SMILES string of the molecule is CC1CCC(O)(CNc2ccnc(C(=O)O)c2)CC1. The van der Waals surface area contributed by atoms with Crippen LogP contribution < -0.4 is 5.32 Å². The summed E-state index contributed by atoms with van der Waals surface area (Å²) in [6.07, 6.45) is 5.11. The highest BCUT2D eigenvalue weighted by molar-refractivity contribution is 5.86. The second-order valence-electron chi connectivity index (χ2n) is 5.50. The van der Waals surface area contributed by atoms with Crippen molar-refractivity contribution in [3.63, 3.8) is 0 Å². The first-order chi connectivity index (χ1) is 8.98. The van der Waals surface area contributed by atoms with Gasteiger partial charge in [-0.3, -0.25) is 0 Å². The first-order valence-corrected chi connectivity index (χ1v) is 6.64. The maximum Gasteiger partial charge on any atom is 0.354 e. The van der Waals surface area contributed by atoms with E-state index in [-0.39, 0.29) is 5.69 Å². The lowest BCUT2D eigenvalue weighted by atomic mass is 9.79. The highest BCUT2D eigenvalue weighted by Gasteiger charge is 2.31. The molecule has 0 saturated heterocycles. The van der Waals surface area contributed by atoms with E-state index in [9.17, 15) is 9.90 Å². The zero-order chi connectivity index (χ0) is 13.9. The number of hydrogen-bond acceptors (Lipinski definition) is 4. The quantitative estimate of drug-likeness (QED) is 0.776. The number of pyridine rings is 1. The van der Waals surface area contributed by atoms with Gasteiger partial charge in [0, 0.05) is 18.4 Å². The molecule has 0 atom stereocenters. The first kappa shape index (κ1) is 13.8. The summed E-state index contributed by atoms with van der Waals surface area (Å²) in [5.41, 5.74) is 0.00723. The standard InChI is InChI=1S/C14H20N2O3/c1-10-2-5-14(19,6-3-10)9-16-11-4-7-15-12(8-11)13(17)18/h4,7-8,10,19H,2-3,5-6,9H2,1H3,(H,15,16)(H,17,18). The molecule has 1 heterocycles. The van der Waals surface area contributed by atoms with Crippen LogP contribution in [0.4, 0.5) is 5.69 Å². The van der Waals surface area contributed by atoms with E-state index in [1.165, 1.54) is 12.3 Å². The van der Waals surface area contributed by atoms with Crippen molar-refractivity contribution >= 4 is 11.7 Å². The Morgan fingerprint density at radius 1 is 1.53 bits per heavy atom. The van der Waals surface area contributed by atoms with Crippen molar-refractivity contribution in [2.45, 2.75) is 38.2 Å². The molecule has 1 aromatic heterocycles. The van der Waals surface area contributed by atoms with Crippen molar-refractivity contribution in [3.8, 4) is 0 Å². The molecule has 1 aromatic rings. The summed E-state index contributed by atoms with van der Waals surface area (Å²) in [7, 11) is 0. The Balaban J connectivity index is 1.95. The summed E-state index contributed by atoms with van der Waals surface area (Å²) in [6.45, 7) is 2.65. The van der Waals surface area contributed by atoms with Crippen molar-refractivity contribution in [1.82, 2.24) is 4.98 Å². The topological polar surface area (TPSA) is 82.5 Å². The predicted molar refractivity (Wildman–Crippen MR) is 72.3 cm³/mol. The number of rotatable bonds is 4. The van der Waals surface area contributed by atoms with Crippen molar-refractivity contribution in [3.05, 3.63) is 24.0 Å². The highest BCUT2D eigenvalue weighted by atomic mass is 16.4. The Morgan fingerprint density at radius 2 is 2.21 bits per heavy atom. The number of nitrogens with zero attached hydrogens (tertiary/aromatic N) is 1. The monoisotopic (exact) mass is 264 g/mol. The maximum atomic E-state index is 10.8. The molecule has 2 rings (SSSR count). The van der Waals surface area contributed by atoms with Crippen LogP contribution in [0.1, 0.15) is 43.1 Å². The Hall–Kier alpha value is -1.62. The minimum atomic E-state index is -1.05. The molecule has 19 heavy (non-hydrogen) atoms. The van der Waals surface area contributed by atoms with Gasteiger partial charge < -0.3 is 15.5 Å². The third kappa shape index (κ3) is 3.67. The average Bonchev–Trinajstić information content (AvgIpc) is 2.41. The van der Waals surface area contributed by atoms with E-state index < -0.39 is 11.6 Å². The van der Waals surface area contributed by atoms with Crippen molar-refractivity contribution in [1.29, 1.82) is 0 Å². The molecule has 5 nitrogen and oxygen atoms in total. The van der Waals surface area contributed by atoms with Crippen LogP contribution in [0.15, 0.2) is 18.3 Å². The third-order valence-corrected chi connectivity index (χ3v) is 3.81. The highest BCUT2D eigenvalue weighted by Crippen LogP contribution is 2.31. The number of carboxylic acids is 1. The number of carbonyl (C=O) groups is 1. The van der Waals surface area contributed by atoms with Gasteiger partial charge in [-0.15, -0.1) is 0 Å². The van der Waals surface area contributed by atoms with E-state index in [0.717, 1.165) is 25.7 Å². The fraction of sp³-hybridized carbons (Fsp3) is 0.571. The van der Waals surface area contributed by atoms with Crippen LogP contribution in [0.25, 0.3) is 0 Å². The molecule has 104 valence electrons. The van der Waals surface area contributed by atoms with Gasteiger partial charge in [0.2, 0.25) is 0 Å². The average molecular weight is 264 g/mol. The van der Waals surface area contributed by atoms with E-state index in [2.05, 4.69) is 17.2 Å². The molecule has 3 N–H and O–H groups in total. The zero-order valence-corrected chi connectivity index (χ0v) is 11.1. The Morgan fingerprint density at radius 3 is 2.84 bits per heavy atom. The summed E-state index contributed by atoms with van der Waals surface area (Å²) >= 11 is 0. The van der Waals surface area contributed by atoms with Crippen LogP contribution in [0.2, 0.25) is 0 Å². The summed E-state index contributed by atoms with van der Waals surface area (Å²) in [6, 6.07) is 3.19. The summed E-state index contributed by atoms with van der Waals surface area (Å²) in [4.78, 5) is 14.6. The van der Waals surface area contributed by atoms with Gasteiger partial charge in [-0.05, 0) is 43.7 Å². The van der Waals surface area contributed by atoms with Gasteiger partial charge in [0.15, 0.2) is 0 Å². The Kier molecular flexibility index (Phi) is 4.04. The molecular formula is C14H20N2O3. The molecule has 1 fully saturated rings. The second-order valence-corrected chi connectivity index (χ2v) is 5.50. The Bertz CT molecular complexity index is 454. The molecule has 0 radical (unpaired) electrons. The molecule has 1 aliphatic carbocycles. The second kappa shape index (κ2) is 5.57. The first-order valence-electron chi connectivity index (χ1n) is 6.64. The van der Waals surface area contributed by atoms with Crippen molar-refractivity contribution < 1.29 is 15.0 Å². The minimum absolute atomic E-state index is 0.00857. The minimum Gasteiger partial charge on any atom is -0.477 e. The molecule has 0 spiro atoms. The molecule has 0 aliphatic heterocycles. The largest absolute Gasteiger partial charge is 0.477 e. The van der Waals surface area contributed by atoms with Crippen molar-refractivity contribution in [2.24, 2.45) is 5.92 Å². The van der Waals surface area contributed by atoms with Gasteiger partial charge in [0.25, 0.3) is 0 Å². The van der Waals surface area contributed by atoms with Gasteiger partial charge in [-0.1, -0.05) is 6.92 Å². The van der Waals surface area contributed by atoms with Gasteiger partial charge in [0.1, 0.15) is 5.69 Å². The lowest BCUT2D eigenvalue weighted by molar-refractivity contribution is 0.00501. The number of aliphatic hydroxyl groups is 1. The molecule has 0 bridgehead atoms. The van der Waals surface area contributed by atoms with Crippen LogP contribution in [0, 0.1) is 5.92 Å². The fourth-order valence-corrected chi connectivity index (χ4v) is 2.40. The number of anilines is 1. The number of aromatic carboxylic acids is 1. The molecule has 5 heteroatoms. The predicted octanol–water partition coefficient (Wildman–Crippen LogP) is 2.13. The van der Waals surface area contributed by atoms with Crippen LogP contribution in [-0.2, 0) is 0 Å². The van der Waals surface area contributed by atoms with Crippen LogP contribution in [-0.4, -0.2) is 33.3 Å². The number of nitrogens with one attached hydrogen (secondary N) is 1. The maximum absolute atomic E-state index is 10.8. The van der Waals surface area contributed by atoms with E-state index in [4.69, 9.17) is 5.11 Å². The van der Waals surface area contributed by atoms with E-state index >= 15 is 0 Å². The van der Waals surface area contributed by atoms with Crippen LogP contribution >= 0.6 is 0 Å². The van der Waals surface area contributed by atoms with Crippen molar-refractivity contribution in [2.75, 3.05) is 11.9 Å². The molecule has 1 saturated carbocycles. The fourth-order valence-electron chi connectivity index (χ4n) is 2.40. The molecule has 0 amide bonds. The third-order valence-electron chi connectivity index (χ3n) is 3.81. The summed E-state index contributed by atoms with van der Waals surface area (Å²) in [5, 5.41) is 22.4. The lowest BCUT2D eigenvalue weighted by Crippen LogP contribution is -2.40. The van der Waals surface area contributed by atoms with Crippen LogP contribution in [0.5, 0.6) is 0 Å². The molecular weight excluding hydrogens is 244 g/mol. The van der Waals surface area contributed by atoms with E-state index in [1.807, 2.05) is 0 Å². The van der Waals surface area contributed by atoms with Crippen LogP contribution in [0.3, 0.4) is 0 Å². The van der Waals surface area contributed by atoms with Gasteiger partial charge in [0.05, 0.1) is 5.60 Å². The Labute approximate surface area is 112 Å². The summed E-state index contributed by atoms with van der Waals surface area (Å²) < 4.78 is 0. The zero-order valence-electron chi connectivity index (χ0n) is 11.1. The molecule has 0 unspecified atom stereocenters. The van der Waals surface area contributed by atoms with Gasteiger partial charge in [-0.2, -0.15) is 0 Å². The van der Waals surface area contributed by atoms with Gasteiger partial charge >= 0.3 is 5.97 Å².